The third kappa shape index (κ3) is 8.45. The third-order valence-corrected chi connectivity index (χ3v) is 3.73. The van der Waals surface area contributed by atoms with Gasteiger partial charge < -0.3 is 19.8 Å². The molecule has 0 saturated heterocycles. The summed E-state index contributed by atoms with van der Waals surface area (Å²) in [6.07, 6.45) is 3.80. The highest BCUT2D eigenvalue weighted by Gasteiger charge is 2.26. The smallest absolute Gasteiger partial charge is 0.130 e. The summed E-state index contributed by atoms with van der Waals surface area (Å²) < 4.78 is 5.89. The van der Waals surface area contributed by atoms with Gasteiger partial charge in [-0.2, -0.15) is 0 Å². The second kappa shape index (κ2) is 8.62. The molecule has 0 aromatic rings. The topological polar surface area (TPSA) is 70.7 Å². The Bertz CT molecular complexity index is 484. The van der Waals surface area contributed by atoms with E-state index in [1.807, 2.05) is 11.2 Å². The number of carbonyl (C=O) groups is 2. The molecule has 0 amide bonds. The molecule has 6 nitrogen and oxygen atoms in total. The number of hydrazine groups is 2. The predicted octanol–water partition coefficient (Wildman–Crippen LogP) is 2.57. The number of allylic oxidation sites excluding steroid dienone is 1. The minimum absolute atomic E-state index is 0.0481. The van der Waals surface area contributed by atoms with Gasteiger partial charge in [-0.25, -0.2) is 0 Å². The van der Waals surface area contributed by atoms with E-state index in [0.717, 1.165) is 18.7 Å². The lowest BCUT2D eigenvalue weighted by atomic mass is 9.88. The Kier molecular flexibility index (Phi) is 7.42. The number of hydrogen-bond acceptors (Lipinski definition) is 6. The van der Waals surface area contributed by atoms with Crippen molar-refractivity contribution >= 4 is 11.6 Å². The van der Waals surface area contributed by atoms with Crippen LogP contribution in [0, 0.1) is 10.8 Å². The van der Waals surface area contributed by atoms with Gasteiger partial charge in [-0.05, 0) is 25.7 Å². The normalized spacial score (nSPS) is 15.2. The molecule has 0 unspecified atom stereocenters. The molecule has 1 aliphatic heterocycles. The zero-order valence-corrected chi connectivity index (χ0v) is 16.0. The van der Waals surface area contributed by atoms with Crippen LogP contribution in [-0.2, 0) is 14.3 Å². The lowest BCUT2D eigenvalue weighted by Crippen LogP contribution is -2.43. The van der Waals surface area contributed by atoms with Gasteiger partial charge in [0, 0.05) is 36.7 Å². The first kappa shape index (κ1) is 20.6. The Morgan fingerprint density at radius 1 is 1.08 bits per heavy atom. The zero-order chi connectivity index (χ0) is 18.4. The van der Waals surface area contributed by atoms with Crippen molar-refractivity contribution in [3.63, 3.8) is 0 Å². The molecule has 138 valence electrons. The minimum atomic E-state index is -0.130. The molecule has 0 fully saturated rings. The van der Waals surface area contributed by atoms with E-state index >= 15 is 0 Å². The van der Waals surface area contributed by atoms with Crippen molar-refractivity contribution in [3.8, 4) is 0 Å². The number of ether oxygens (including phenoxy) is 1. The fraction of sp³-hybridized carbons (Fsp3) is 0.778. The quantitative estimate of drug-likeness (QED) is 0.603. The lowest BCUT2D eigenvalue weighted by molar-refractivity contribution is -0.120. The summed E-state index contributed by atoms with van der Waals surface area (Å²) in [7, 11) is 0. The second-order valence-electron chi connectivity index (χ2n) is 8.42. The van der Waals surface area contributed by atoms with E-state index in [1.165, 1.54) is 0 Å². The van der Waals surface area contributed by atoms with Crippen LogP contribution in [0.2, 0.25) is 0 Å². The van der Waals surface area contributed by atoms with Crippen molar-refractivity contribution in [2.75, 3.05) is 19.8 Å². The van der Waals surface area contributed by atoms with Crippen molar-refractivity contribution in [3.05, 3.63) is 11.9 Å². The first-order chi connectivity index (χ1) is 11.0. The minimum Gasteiger partial charge on any atom is -0.380 e. The molecular formula is C18H33N3O3. The maximum absolute atomic E-state index is 11.3. The lowest BCUT2D eigenvalue weighted by Gasteiger charge is -2.31. The summed E-state index contributed by atoms with van der Waals surface area (Å²) in [5, 5.41) is 1.99. The molecule has 1 aliphatic rings. The van der Waals surface area contributed by atoms with Crippen molar-refractivity contribution < 1.29 is 14.3 Å². The van der Waals surface area contributed by atoms with E-state index < -0.39 is 0 Å². The number of Topliss-reactive ketones (excluding diaryl/α,β-unsaturated/α-hetero) is 2. The molecule has 2 N–H and O–H groups in total. The van der Waals surface area contributed by atoms with Crippen molar-refractivity contribution in [2.24, 2.45) is 10.8 Å². The summed E-state index contributed by atoms with van der Waals surface area (Å²) in [4.78, 5) is 22.3. The van der Waals surface area contributed by atoms with Crippen LogP contribution in [0.15, 0.2) is 11.9 Å². The van der Waals surface area contributed by atoms with Crippen LogP contribution in [0.5, 0.6) is 0 Å². The third-order valence-electron chi connectivity index (χ3n) is 3.73. The highest BCUT2D eigenvalue weighted by molar-refractivity contribution is 5.76. The van der Waals surface area contributed by atoms with Crippen molar-refractivity contribution in [1.29, 1.82) is 0 Å². The number of nitrogens with one attached hydrogen (secondary N) is 2. The summed E-state index contributed by atoms with van der Waals surface area (Å²) in [6, 6.07) is 0. The van der Waals surface area contributed by atoms with Gasteiger partial charge in [0.25, 0.3) is 0 Å². The van der Waals surface area contributed by atoms with Gasteiger partial charge in [0.1, 0.15) is 11.6 Å². The Morgan fingerprint density at radius 2 is 1.71 bits per heavy atom. The number of hydrogen-bond donors (Lipinski definition) is 2. The molecule has 6 heteroatoms. The number of rotatable bonds is 11. The van der Waals surface area contributed by atoms with E-state index in [-0.39, 0.29) is 22.4 Å². The van der Waals surface area contributed by atoms with E-state index in [1.54, 1.807) is 13.8 Å². The van der Waals surface area contributed by atoms with Gasteiger partial charge in [0.2, 0.25) is 0 Å². The van der Waals surface area contributed by atoms with Gasteiger partial charge in [-0.15, -0.1) is 5.53 Å². The van der Waals surface area contributed by atoms with E-state index in [2.05, 4.69) is 38.7 Å². The van der Waals surface area contributed by atoms with Crippen LogP contribution in [-0.4, -0.2) is 36.3 Å². The predicted molar refractivity (Wildman–Crippen MR) is 94.7 cm³/mol. The second-order valence-corrected chi connectivity index (χ2v) is 8.42. The van der Waals surface area contributed by atoms with Gasteiger partial charge >= 0.3 is 0 Å². The molecule has 0 radical (unpaired) electrons. The van der Waals surface area contributed by atoms with Crippen LogP contribution < -0.4 is 11.0 Å². The van der Waals surface area contributed by atoms with Gasteiger partial charge in [0.05, 0.1) is 13.2 Å². The highest BCUT2D eigenvalue weighted by Crippen LogP contribution is 2.24. The van der Waals surface area contributed by atoms with Crippen molar-refractivity contribution in [2.45, 2.75) is 60.8 Å². The molecule has 0 aromatic carbocycles. The summed E-state index contributed by atoms with van der Waals surface area (Å²) in [6.45, 7) is 13.6. The highest BCUT2D eigenvalue weighted by atomic mass is 16.5. The summed E-state index contributed by atoms with van der Waals surface area (Å²) in [5.74, 6) is 0.386. The average Bonchev–Trinajstić information content (AvgIpc) is 2.80. The van der Waals surface area contributed by atoms with Crippen LogP contribution in [0.1, 0.15) is 60.8 Å². The van der Waals surface area contributed by atoms with Crippen LogP contribution in [0.25, 0.3) is 0 Å². The first-order valence-electron chi connectivity index (χ1n) is 8.55. The van der Waals surface area contributed by atoms with Crippen LogP contribution >= 0.6 is 0 Å². The SMILES string of the molecule is CC(=O)CCC1=CN(CC(C)(C)COCC(C)(C)CC(C)=O)NN1. The number of carbonyl (C=O) groups excluding carboxylic acids is 2. The largest absolute Gasteiger partial charge is 0.380 e. The molecule has 0 spiro atoms. The molecule has 1 rings (SSSR count). The van der Waals surface area contributed by atoms with E-state index in [9.17, 15) is 9.59 Å². The fourth-order valence-electron chi connectivity index (χ4n) is 2.75. The zero-order valence-electron chi connectivity index (χ0n) is 16.0. The Morgan fingerprint density at radius 3 is 2.29 bits per heavy atom. The Labute approximate surface area is 145 Å². The van der Waals surface area contributed by atoms with Gasteiger partial charge in [0.15, 0.2) is 0 Å². The summed E-state index contributed by atoms with van der Waals surface area (Å²) >= 11 is 0. The molecule has 1 heterocycles. The molecule has 0 aliphatic carbocycles. The molecule has 0 aromatic heterocycles. The summed E-state index contributed by atoms with van der Waals surface area (Å²) in [5.41, 5.74) is 7.03. The Balaban J connectivity index is 2.38. The maximum Gasteiger partial charge on any atom is 0.130 e. The fourth-order valence-corrected chi connectivity index (χ4v) is 2.75. The molecular weight excluding hydrogens is 306 g/mol. The standard InChI is InChI=1S/C18H33N3O3/c1-14(22)7-8-16-10-21(20-19-16)11-18(5,6)13-24-12-17(3,4)9-15(2)23/h10,19-20H,7-9,11-13H2,1-6H3. The Hall–Kier alpha value is -1.40. The molecule has 0 saturated carbocycles. The maximum atomic E-state index is 11.3. The van der Waals surface area contributed by atoms with Crippen LogP contribution in [0.4, 0.5) is 0 Å². The van der Waals surface area contributed by atoms with E-state index in [0.29, 0.717) is 26.1 Å². The number of nitrogens with zero attached hydrogens (tertiary/aromatic N) is 1. The van der Waals surface area contributed by atoms with E-state index in [4.69, 9.17) is 4.74 Å². The number of ketones is 2. The molecule has 0 atom stereocenters. The van der Waals surface area contributed by atoms with Gasteiger partial charge in [-0.3, -0.25) is 5.01 Å². The van der Waals surface area contributed by atoms with Gasteiger partial charge in [-0.1, -0.05) is 27.7 Å². The van der Waals surface area contributed by atoms with Crippen LogP contribution in [0.3, 0.4) is 0 Å². The molecule has 0 bridgehead atoms. The monoisotopic (exact) mass is 339 g/mol. The average molecular weight is 339 g/mol. The van der Waals surface area contributed by atoms with Crippen molar-refractivity contribution in [1.82, 2.24) is 16.0 Å². The first-order valence-corrected chi connectivity index (χ1v) is 8.55. The molecule has 24 heavy (non-hydrogen) atoms.